The fraction of sp³-hybridized carbons (Fsp3) is 0.321. The summed E-state index contributed by atoms with van der Waals surface area (Å²) in [5.74, 6) is -1.68. The number of aromatic nitrogens is 1. The van der Waals surface area contributed by atoms with E-state index in [1.54, 1.807) is 7.05 Å². The third-order valence-electron chi connectivity index (χ3n) is 5.74. The maximum atomic E-state index is 13.0. The van der Waals surface area contributed by atoms with Crippen molar-refractivity contribution in [3.63, 3.8) is 0 Å². The van der Waals surface area contributed by atoms with Crippen molar-refractivity contribution in [1.29, 1.82) is 0 Å². The Hall–Kier alpha value is -3.91. The largest absolute Gasteiger partial charge is 0.503 e. The summed E-state index contributed by atoms with van der Waals surface area (Å²) in [6.45, 7) is 9.62. The molecule has 8 nitrogen and oxygen atoms in total. The van der Waals surface area contributed by atoms with Gasteiger partial charge in [-0.15, -0.1) is 5.06 Å². The van der Waals surface area contributed by atoms with E-state index in [2.05, 4.69) is 46.7 Å². The number of carbonyl (C=O) groups excluding carboxylic acids is 2. The molecule has 0 fully saturated rings. The van der Waals surface area contributed by atoms with Crippen molar-refractivity contribution in [2.45, 2.75) is 46.7 Å². The minimum atomic E-state index is -1.01. The monoisotopic (exact) mass is 491 g/mol. The predicted octanol–water partition coefficient (Wildman–Crippen LogP) is 4.33. The Morgan fingerprint density at radius 2 is 1.44 bits per heavy atom. The Balaban J connectivity index is 1.84. The van der Waals surface area contributed by atoms with E-state index in [-0.39, 0.29) is 17.5 Å². The number of methoxy groups -OCH3 is 1. The van der Waals surface area contributed by atoms with Gasteiger partial charge in [0.25, 0.3) is 5.91 Å². The van der Waals surface area contributed by atoms with E-state index in [9.17, 15) is 14.7 Å². The number of rotatable bonds is 8. The van der Waals surface area contributed by atoms with Crippen molar-refractivity contribution in [2.24, 2.45) is 0 Å². The number of aryl methyl sites for hydroxylation is 4. The zero-order valence-electron chi connectivity index (χ0n) is 21.7. The maximum Gasteiger partial charge on any atom is 0.347 e. The number of amides is 1. The molecule has 1 unspecified atom stereocenters. The van der Waals surface area contributed by atoms with Crippen molar-refractivity contribution in [3.05, 3.63) is 87.7 Å². The van der Waals surface area contributed by atoms with Gasteiger partial charge in [-0.1, -0.05) is 58.7 Å². The fourth-order valence-electron chi connectivity index (χ4n) is 4.31. The van der Waals surface area contributed by atoms with E-state index in [1.807, 2.05) is 27.7 Å². The van der Waals surface area contributed by atoms with Gasteiger partial charge >= 0.3 is 5.97 Å². The van der Waals surface area contributed by atoms with E-state index in [4.69, 9.17) is 9.57 Å². The second-order valence-electron chi connectivity index (χ2n) is 9.11. The molecule has 0 aliphatic heterocycles. The van der Waals surface area contributed by atoms with Gasteiger partial charge in [0.2, 0.25) is 0 Å². The molecule has 8 heteroatoms. The van der Waals surface area contributed by atoms with Crippen LogP contribution < -0.4 is 10.1 Å². The smallest absolute Gasteiger partial charge is 0.347 e. The molecule has 190 valence electrons. The van der Waals surface area contributed by atoms with Crippen LogP contribution in [0.25, 0.3) is 0 Å². The summed E-state index contributed by atoms with van der Waals surface area (Å²) in [6, 6.07) is 12.5. The molecule has 1 amide bonds. The van der Waals surface area contributed by atoms with Crippen LogP contribution in [-0.4, -0.2) is 47.2 Å². The van der Waals surface area contributed by atoms with Crippen LogP contribution in [0, 0.1) is 27.7 Å². The number of hydroxylamine groups is 2. The molecule has 0 saturated heterocycles. The Morgan fingerprint density at radius 3 is 1.92 bits per heavy atom. The number of nitrogens with one attached hydrogen (secondary N) is 1. The molecule has 0 spiro atoms. The Labute approximate surface area is 211 Å². The van der Waals surface area contributed by atoms with Crippen LogP contribution in [0.3, 0.4) is 0 Å². The number of ether oxygens (including phenoxy) is 1. The number of carbonyl (C=O) groups is 2. The SMILES string of the molecule is COc1ccnc(C(=O)NC(C)C(=O)ON(C)C(c2cc(C)cc(C)c2)c2cc(C)cc(C)c2)c1O. The molecule has 0 saturated carbocycles. The fourth-order valence-corrected chi connectivity index (χ4v) is 4.31. The summed E-state index contributed by atoms with van der Waals surface area (Å²) >= 11 is 0. The van der Waals surface area contributed by atoms with Gasteiger partial charge in [-0.25, -0.2) is 9.78 Å². The number of nitrogens with zero attached hydrogens (tertiary/aromatic N) is 2. The van der Waals surface area contributed by atoms with Crippen LogP contribution in [0.2, 0.25) is 0 Å². The van der Waals surface area contributed by atoms with Crippen molar-refractivity contribution < 1.29 is 24.3 Å². The molecular weight excluding hydrogens is 458 g/mol. The number of hydrogen-bond acceptors (Lipinski definition) is 7. The van der Waals surface area contributed by atoms with Crippen molar-refractivity contribution in [1.82, 2.24) is 15.4 Å². The lowest BCUT2D eigenvalue weighted by atomic mass is 9.93. The zero-order valence-corrected chi connectivity index (χ0v) is 21.7. The summed E-state index contributed by atoms with van der Waals surface area (Å²) in [7, 11) is 3.07. The van der Waals surface area contributed by atoms with E-state index >= 15 is 0 Å². The lowest BCUT2D eigenvalue weighted by Gasteiger charge is -2.29. The summed E-state index contributed by atoms with van der Waals surface area (Å²) in [5.41, 5.74) is 6.13. The van der Waals surface area contributed by atoms with Gasteiger partial charge in [0.15, 0.2) is 17.2 Å². The number of pyridine rings is 1. The van der Waals surface area contributed by atoms with Crippen LogP contribution in [0.4, 0.5) is 0 Å². The highest BCUT2D eigenvalue weighted by atomic mass is 16.7. The molecule has 0 radical (unpaired) electrons. The van der Waals surface area contributed by atoms with Gasteiger partial charge in [0.05, 0.1) is 13.2 Å². The third-order valence-corrected chi connectivity index (χ3v) is 5.74. The van der Waals surface area contributed by atoms with E-state index < -0.39 is 23.7 Å². The molecule has 1 atom stereocenters. The number of aromatic hydroxyl groups is 1. The van der Waals surface area contributed by atoms with Gasteiger partial charge in [0.1, 0.15) is 6.04 Å². The van der Waals surface area contributed by atoms with E-state index in [1.165, 1.54) is 31.4 Å². The molecule has 0 aliphatic rings. The van der Waals surface area contributed by atoms with Gasteiger partial charge < -0.3 is 20.0 Å². The molecule has 0 aliphatic carbocycles. The van der Waals surface area contributed by atoms with Gasteiger partial charge in [-0.05, 0) is 45.7 Å². The topological polar surface area (TPSA) is 101 Å². The molecule has 1 aromatic heterocycles. The number of benzene rings is 2. The van der Waals surface area contributed by atoms with Crippen LogP contribution in [0.5, 0.6) is 11.5 Å². The summed E-state index contributed by atoms with van der Waals surface area (Å²) in [4.78, 5) is 35.3. The Kier molecular flexibility index (Phi) is 8.32. The minimum absolute atomic E-state index is 0.106. The second-order valence-corrected chi connectivity index (χ2v) is 9.11. The van der Waals surface area contributed by atoms with Crippen molar-refractivity contribution in [3.8, 4) is 11.5 Å². The summed E-state index contributed by atoms with van der Waals surface area (Å²) in [5, 5.41) is 14.2. The first-order valence-corrected chi connectivity index (χ1v) is 11.6. The zero-order chi connectivity index (χ0) is 26.6. The predicted molar refractivity (Wildman–Crippen MR) is 137 cm³/mol. The van der Waals surface area contributed by atoms with E-state index in [0.717, 1.165) is 33.4 Å². The standard InChI is InChI=1S/C28H33N3O5/c1-16-10-17(2)13-21(12-16)25(22-14-18(3)11-19(4)15-22)31(6)36-28(34)20(5)30-27(33)24-26(32)23(35-7)8-9-29-24/h8-15,20,25,32H,1-7H3,(H,30,33). The van der Waals surface area contributed by atoms with Crippen LogP contribution in [0.1, 0.15) is 56.8 Å². The first-order valence-electron chi connectivity index (χ1n) is 11.6. The van der Waals surface area contributed by atoms with Crippen LogP contribution >= 0.6 is 0 Å². The van der Waals surface area contributed by atoms with Gasteiger partial charge in [-0.3, -0.25) is 4.79 Å². The first-order chi connectivity index (χ1) is 17.0. The molecule has 2 aromatic carbocycles. The van der Waals surface area contributed by atoms with Gasteiger partial charge in [-0.2, -0.15) is 0 Å². The van der Waals surface area contributed by atoms with E-state index in [0.29, 0.717) is 0 Å². The molecular formula is C28H33N3O5. The number of hydrogen-bond donors (Lipinski definition) is 2. The van der Waals surface area contributed by atoms with Gasteiger partial charge in [0, 0.05) is 19.3 Å². The molecule has 2 N–H and O–H groups in total. The molecule has 0 bridgehead atoms. The molecule has 3 aromatic rings. The second kappa shape index (κ2) is 11.2. The highest BCUT2D eigenvalue weighted by Crippen LogP contribution is 2.31. The molecule has 1 heterocycles. The van der Waals surface area contributed by atoms with Crippen molar-refractivity contribution >= 4 is 11.9 Å². The highest BCUT2D eigenvalue weighted by Gasteiger charge is 2.28. The average Bonchev–Trinajstić information content (AvgIpc) is 2.77. The van der Waals surface area contributed by atoms with Crippen molar-refractivity contribution in [2.75, 3.05) is 14.2 Å². The maximum absolute atomic E-state index is 13.0. The lowest BCUT2D eigenvalue weighted by molar-refractivity contribution is -0.193. The summed E-state index contributed by atoms with van der Waals surface area (Å²) < 4.78 is 5.02. The first kappa shape index (κ1) is 26.7. The Morgan fingerprint density at radius 1 is 0.944 bits per heavy atom. The Bertz CT molecular complexity index is 1180. The average molecular weight is 492 g/mol. The highest BCUT2D eigenvalue weighted by molar-refractivity contribution is 5.97. The minimum Gasteiger partial charge on any atom is -0.503 e. The summed E-state index contributed by atoms with van der Waals surface area (Å²) in [6.07, 6.45) is 1.34. The molecule has 36 heavy (non-hydrogen) atoms. The van der Waals surface area contributed by atoms with Crippen LogP contribution in [0.15, 0.2) is 48.7 Å². The van der Waals surface area contributed by atoms with Crippen LogP contribution in [-0.2, 0) is 9.63 Å². The quantitative estimate of drug-likeness (QED) is 0.453. The third kappa shape index (κ3) is 6.20. The lowest BCUT2D eigenvalue weighted by Crippen LogP contribution is -2.42. The molecule has 3 rings (SSSR count). The normalized spacial score (nSPS) is 11.9.